The van der Waals surface area contributed by atoms with Crippen LogP contribution in [0.15, 0.2) is 53.2 Å². The zero-order chi connectivity index (χ0) is 27.0. The Balaban J connectivity index is 2.96. The first-order chi connectivity index (χ1) is 17.1. The minimum absolute atomic E-state index is 0.00570. The summed E-state index contributed by atoms with van der Waals surface area (Å²) in [6.07, 6.45) is 13.5. The van der Waals surface area contributed by atoms with Crippen molar-refractivity contribution >= 4 is 34.1 Å². The van der Waals surface area contributed by atoms with Crippen molar-refractivity contribution in [3.05, 3.63) is 75.7 Å². The average Bonchev–Trinajstić information content (AvgIpc) is 3.21. The molecule has 5 heteroatoms. The quantitative estimate of drug-likeness (QED) is 0.0874. The number of nitrogens with one attached hydrogen (secondary N) is 2. The maximum atomic E-state index is 8.66. The number of ether oxygens (including phenoxy) is 2. The molecule has 0 spiro atoms. The van der Waals surface area contributed by atoms with E-state index in [0.717, 1.165) is 52.8 Å². The Hall–Kier alpha value is -1.86. The van der Waals surface area contributed by atoms with Gasteiger partial charge in [-0.3, -0.25) is 5.41 Å². The van der Waals surface area contributed by atoms with E-state index < -0.39 is 6.10 Å². The van der Waals surface area contributed by atoms with Gasteiger partial charge in [-0.25, -0.2) is 0 Å². The monoisotopic (exact) mass is 604 g/mol. The molecule has 0 radical (unpaired) electrons. The van der Waals surface area contributed by atoms with Gasteiger partial charge >= 0.3 is 0 Å². The normalized spacial score (nSPS) is 17.9. The summed E-state index contributed by atoms with van der Waals surface area (Å²) in [6, 6.07) is 0. The second-order valence-corrected chi connectivity index (χ2v) is 12.0. The molecule has 0 aromatic carbocycles. The molecule has 1 aliphatic rings. The van der Waals surface area contributed by atoms with Crippen molar-refractivity contribution < 1.29 is 9.47 Å². The Morgan fingerprint density at radius 2 is 1.86 bits per heavy atom. The van der Waals surface area contributed by atoms with Gasteiger partial charge in [0.25, 0.3) is 0 Å². The molecule has 2 atom stereocenters. The van der Waals surface area contributed by atoms with Crippen LogP contribution in [0, 0.1) is 12.3 Å². The number of alkyl halides is 1. The van der Waals surface area contributed by atoms with E-state index in [4.69, 9.17) is 14.9 Å². The second-order valence-electron chi connectivity index (χ2n) is 9.61. The molecule has 1 unspecified atom stereocenters. The Morgan fingerprint density at radius 1 is 1.19 bits per heavy atom. The molecular weight excluding hydrogens is 559 g/mol. The van der Waals surface area contributed by atoms with Gasteiger partial charge in [0.2, 0.25) is 5.90 Å². The fraction of sp³-hybridized carbons (Fsp3) is 0.516. The predicted octanol–water partition coefficient (Wildman–Crippen LogP) is 8.61. The van der Waals surface area contributed by atoms with Crippen LogP contribution in [0.2, 0.25) is 0 Å². The highest BCUT2D eigenvalue weighted by Crippen LogP contribution is 2.41. The SMILES string of the molecule is C=C(\C=C/C(=C\C)C(=C(\C(C)=C\C)[C@H](OCC)C(=N)OC)/c1c(C)[nH]c2c1CCCC2)C(C)(I)CC. The molecule has 0 aliphatic heterocycles. The van der Waals surface area contributed by atoms with Gasteiger partial charge in [0.1, 0.15) is 0 Å². The number of hydrogen-bond acceptors (Lipinski definition) is 3. The van der Waals surface area contributed by atoms with Gasteiger partial charge in [-0.05, 0) is 102 Å². The fourth-order valence-corrected chi connectivity index (χ4v) is 4.96. The van der Waals surface area contributed by atoms with Crippen molar-refractivity contribution in [2.45, 2.75) is 90.1 Å². The topological polar surface area (TPSA) is 58.1 Å². The first-order valence-electron chi connectivity index (χ1n) is 13.1. The smallest absolute Gasteiger partial charge is 0.215 e. The number of methoxy groups -OCH3 is 1. The van der Waals surface area contributed by atoms with Crippen LogP contribution in [-0.4, -0.2) is 34.1 Å². The lowest BCUT2D eigenvalue weighted by atomic mass is 9.82. The molecule has 2 rings (SSSR count). The Labute approximate surface area is 232 Å². The number of fused-ring (bicyclic) bond motifs is 1. The summed E-state index contributed by atoms with van der Waals surface area (Å²) in [4.78, 5) is 3.70. The molecule has 0 saturated heterocycles. The van der Waals surface area contributed by atoms with Crippen LogP contribution in [0.4, 0.5) is 0 Å². The Morgan fingerprint density at radius 3 is 2.42 bits per heavy atom. The highest BCUT2D eigenvalue weighted by molar-refractivity contribution is 14.1. The van der Waals surface area contributed by atoms with E-state index in [-0.39, 0.29) is 9.32 Å². The minimum Gasteiger partial charge on any atom is -0.482 e. The van der Waals surface area contributed by atoms with Crippen LogP contribution in [0.5, 0.6) is 0 Å². The van der Waals surface area contributed by atoms with Crippen LogP contribution in [-0.2, 0) is 22.3 Å². The molecule has 36 heavy (non-hydrogen) atoms. The number of allylic oxidation sites excluding steroid dienone is 7. The average molecular weight is 605 g/mol. The molecule has 1 aliphatic carbocycles. The summed E-state index contributed by atoms with van der Waals surface area (Å²) in [7, 11) is 1.55. The molecule has 1 aromatic rings. The van der Waals surface area contributed by atoms with E-state index >= 15 is 0 Å². The lowest BCUT2D eigenvalue weighted by Crippen LogP contribution is -2.29. The van der Waals surface area contributed by atoms with E-state index in [1.165, 1.54) is 29.7 Å². The summed E-state index contributed by atoms with van der Waals surface area (Å²) in [6.45, 7) is 19.6. The van der Waals surface area contributed by atoms with Crippen LogP contribution in [0.1, 0.15) is 83.3 Å². The van der Waals surface area contributed by atoms with Crippen molar-refractivity contribution in [2.75, 3.05) is 13.7 Å². The van der Waals surface area contributed by atoms with Gasteiger partial charge in [-0.2, -0.15) is 0 Å². The largest absolute Gasteiger partial charge is 0.482 e. The van der Waals surface area contributed by atoms with Crippen LogP contribution >= 0.6 is 22.6 Å². The van der Waals surface area contributed by atoms with E-state index in [1.807, 2.05) is 13.8 Å². The highest BCUT2D eigenvalue weighted by atomic mass is 127. The number of H-pyrrole nitrogens is 1. The van der Waals surface area contributed by atoms with Gasteiger partial charge in [0.05, 0.1) is 7.11 Å². The van der Waals surface area contributed by atoms with Gasteiger partial charge in [0.15, 0.2) is 6.10 Å². The number of aromatic amines is 1. The second kappa shape index (κ2) is 13.6. The lowest BCUT2D eigenvalue weighted by Gasteiger charge is -2.27. The Bertz CT molecular complexity index is 1080. The van der Waals surface area contributed by atoms with Crippen LogP contribution in [0.25, 0.3) is 5.57 Å². The van der Waals surface area contributed by atoms with Crippen LogP contribution < -0.4 is 0 Å². The summed E-state index contributed by atoms with van der Waals surface area (Å²) >= 11 is 2.49. The van der Waals surface area contributed by atoms with Crippen LogP contribution in [0.3, 0.4) is 0 Å². The van der Waals surface area contributed by atoms with Gasteiger partial charge in [-0.1, -0.05) is 60.4 Å². The molecule has 0 bridgehead atoms. The third-order valence-electron chi connectivity index (χ3n) is 7.31. The summed E-state index contributed by atoms with van der Waals surface area (Å²) in [5, 5.41) is 8.66. The molecule has 0 saturated carbocycles. The van der Waals surface area contributed by atoms with Gasteiger partial charge < -0.3 is 14.5 Å². The molecule has 4 nitrogen and oxygen atoms in total. The third kappa shape index (κ3) is 6.71. The zero-order valence-corrected chi connectivity index (χ0v) is 25.7. The summed E-state index contributed by atoms with van der Waals surface area (Å²) in [5.41, 5.74) is 10.5. The maximum Gasteiger partial charge on any atom is 0.215 e. The summed E-state index contributed by atoms with van der Waals surface area (Å²) < 4.78 is 11.7. The number of rotatable bonds is 11. The number of halogens is 1. The zero-order valence-electron chi connectivity index (χ0n) is 23.5. The van der Waals surface area contributed by atoms with Crippen molar-refractivity contribution in [3.63, 3.8) is 0 Å². The van der Waals surface area contributed by atoms with Crippen molar-refractivity contribution in [3.8, 4) is 0 Å². The van der Waals surface area contributed by atoms with E-state index in [9.17, 15) is 0 Å². The molecular formula is C31H45IN2O2. The third-order valence-corrected chi connectivity index (χ3v) is 8.77. The van der Waals surface area contributed by atoms with Crippen molar-refractivity contribution in [1.29, 1.82) is 5.41 Å². The molecule has 0 amide bonds. The fourth-order valence-electron chi connectivity index (χ4n) is 4.78. The molecule has 198 valence electrons. The number of hydrogen-bond donors (Lipinski definition) is 2. The predicted molar refractivity (Wildman–Crippen MR) is 163 cm³/mol. The standard InChI is InChI=1S/C31H45IN2O2/c1-10-20(5)26(29(36-13-4)30(33)35-9)28(23(11-2)19-18-21(6)31(8,32)12-3)27-22(7)34-25-17-15-14-16-24(25)27/h10-11,18-19,29,33-34H,6,12-17H2,1-5,7-9H3/b19-18-,20-10+,23-11+,28-26-,33-30?/t29-,31?/m0/s1. The lowest BCUT2D eigenvalue weighted by molar-refractivity contribution is 0.116. The van der Waals surface area contributed by atoms with Gasteiger partial charge in [0, 0.05) is 32.6 Å². The number of aromatic nitrogens is 1. The van der Waals surface area contributed by atoms with Gasteiger partial charge in [-0.15, -0.1) is 0 Å². The van der Waals surface area contributed by atoms with E-state index in [0.29, 0.717) is 6.61 Å². The molecule has 0 fully saturated rings. The first kappa shape index (κ1) is 30.4. The van der Waals surface area contributed by atoms with Crippen molar-refractivity contribution in [1.82, 2.24) is 4.98 Å². The maximum absolute atomic E-state index is 8.66. The molecule has 1 aromatic heterocycles. The first-order valence-corrected chi connectivity index (χ1v) is 14.2. The Kier molecular flexibility index (Phi) is 11.5. The van der Waals surface area contributed by atoms with E-state index in [2.05, 4.69) is 93.1 Å². The van der Waals surface area contributed by atoms with Crippen molar-refractivity contribution in [2.24, 2.45) is 0 Å². The highest BCUT2D eigenvalue weighted by Gasteiger charge is 2.31. The number of aryl methyl sites for hydroxylation is 2. The minimum atomic E-state index is -0.600. The van der Waals surface area contributed by atoms with E-state index in [1.54, 1.807) is 7.11 Å². The summed E-state index contributed by atoms with van der Waals surface area (Å²) in [5.74, 6) is 0.113. The molecule has 2 N–H and O–H groups in total. The molecule has 1 heterocycles.